The molecule has 0 aliphatic rings. The van der Waals surface area contributed by atoms with Crippen molar-refractivity contribution in [3.05, 3.63) is 37.2 Å². The van der Waals surface area contributed by atoms with Gasteiger partial charge in [0.15, 0.2) is 5.78 Å². The molecule has 0 saturated heterocycles. The minimum absolute atomic E-state index is 0.00644. The Kier molecular flexibility index (Phi) is 6.46. The predicted molar refractivity (Wildman–Crippen MR) is 60.7 cm³/mol. The van der Waals surface area contributed by atoms with Crippen LogP contribution < -0.4 is 5.32 Å². The number of hydrogen-bond acceptors (Lipinski definition) is 2. The van der Waals surface area contributed by atoms with Crippen molar-refractivity contribution >= 4 is 5.78 Å². The zero-order valence-corrected chi connectivity index (χ0v) is 9.05. The zero-order chi connectivity index (χ0) is 11.0. The van der Waals surface area contributed by atoms with E-state index in [0.717, 1.165) is 12.8 Å². The van der Waals surface area contributed by atoms with Gasteiger partial charge in [-0.15, -0.1) is 0 Å². The van der Waals surface area contributed by atoms with E-state index < -0.39 is 0 Å². The number of ketones is 1. The maximum atomic E-state index is 11.5. The zero-order valence-electron chi connectivity index (χ0n) is 9.05. The summed E-state index contributed by atoms with van der Waals surface area (Å²) in [6.07, 6.45) is 6.50. The van der Waals surface area contributed by atoms with Crippen molar-refractivity contribution in [1.29, 1.82) is 0 Å². The molecular formula is C12H19NO. The van der Waals surface area contributed by atoms with E-state index >= 15 is 0 Å². The van der Waals surface area contributed by atoms with Gasteiger partial charge < -0.3 is 5.32 Å². The Balaban J connectivity index is 4.23. The molecule has 0 aromatic heterocycles. The van der Waals surface area contributed by atoms with Gasteiger partial charge in [0.25, 0.3) is 0 Å². The number of allylic oxidation sites excluding steroid dienone is 2. The van der Waals surface area contributed by atoms with Crippen LogP contribution in [0.15, 0.2) is 37.2 Å². The van der Waals surface area contributed by atoms with Gasteiger partial charge in [-0.05, 0) is 30.5 Å². The van der Waals surface area contributed by atoms with Crippen LogP contribution in [0, 0.1) is 5.92 Å². The average molecular weight is 193 g/mol. The van der Waals surface area contributed by atoms with Crippen molar-refractivity contribution in [3.63, 3.8) is 0 Å². The molecule has 0 atom stereocenters. The fourth-order valence-electron chi connectivity index (χ4n) is 1.28. The van der Waals surface area contributed by atoms with Crippen LogP contribution >= 0.6 is 0 Å². The monoisotopic (exact) mass is 193 g/mol. The molecule has 0 heterocycles. The smallest absolute Gasteiger partial charge is 0.182 e. The highest BCUT2D eigenvalue weighted by molar-refractivity contribution is 6.03. The predicted octanol–water partition coefficient (Wildman–Crippen LogP) is 2.79. The molecule has 0 aliphatic carbocycles. The Hall–Kier alpha value is -1.31. The second-order valence-electron chi connectivity index (χ2n) is 3.11. The molecular weight excluding hydrogens is 174 g/mol. The molecule has 0 saturated carbocycles. The molecule has 0 fully saturated rings. The van der Waals surface area contributed by atoms with Gasteiger partial charge in [0.1, 0.15) is 0 Å². The van der Waals surface area contributed by atoms with E-state index in [9.17, 15) is 4.79 Å². The lowest BCUT2D eigenvalue weighted by Crippen LogP contribution is -2.09. The molecule has 2 heteroatoms. The second kappa shape index (κ2) is 7.13. The standard InChI is InChI=1S/C12H19NO/c1-5-11(6-2)10(4)12(14)8-9-13-7-3/h7-9,11,13H,3-6H2,1-2H3/b9-8-. The lowest BCUT2D eigenvalue weighted by Gasteiger charge is -2.12. The highest BCUT2D eigenvalue weighted by Crippen LogP contribution is 2.18. The Bertz CT molecular complexity index is 237. The van der Waals surface area contributed by atoms with E-state index in [1.165, 1.54) is 12.3 Å². The molecule has 0 amide bonds. The van der Waals surface area contributed by atoms with Crippen LogP contribution in [0.4, 0.5) is 0 Å². The first-order chi connectivity index (χ1) is 6.67. The van der Waals surface area contributed by atoms with Crippen molar-refractivity contribution in [2.24, 2.45) is 5.92 Å². The summed E-state index contributed by atoms with van der Waals surface area (Å²) in [6, 6.07) is 0. The fraction of sp³-hybridized carbons (Fsp3) is 0.417. The summed E-state index contributed by atoms with van der Waals surface area (Å²) in [6.45, 7) is 11.4. The van der Waals surface area contributed by atoms with Crippen LogP contribution in [-0.4, -0.2) is 5.78 Å². The van der Waals surface area contributed by atoms with E-state index in [2.05, 4.69) is 32.3 Å². The highest BCUT2D eigenvalue weighted by Gasteiger charge is 2.12. The van der Waals surface area contributed by atoms with E-state index in [-0.39, 0.29) is 5.78 Å². The Morgan fingerprint density at radius 3 is 2.43 bits per heavy atom. The molecule has 0 radical (unpaired) electrons. The first-order valence-electron chi connectivity index (χ1n) is 4.93. The van der Waals surface area contributed by atoms with Crippen LogP contribution in [-0.2, 0) is 4.79 Å². The molecule has 0 unspecified atom stereocenters. The Morgan fingerprint density at radius 1 is 1.43 bits per heavy atom. The van der Waals surface area contributed by atoms with Gasteiger partial charge in [-0.3, -0.25) is 4.79 Å². The van der Waals surface area contributed by atoms with E-state index in [1.54, 1.807) is 6.20 Å². The molecule has 0 spiro atoms. The average Bonchev–Trinajstić information content (AvgIpc) is 2.19. The quantitative estimate of drug-likeness (QED) is 0.630. The summed E-state index contributed by atoms with van der Waals surface area (Å²) in [5.41, 5.74) is 0.692. The van der Waals surface area contributed by atoms with E-state index in [0.29, 0.717) is 11.5 Å². The summed E-state index contributed by atoms with van der Waals surface area (Å²) < 4.78 is 0. The van der Waals surface area contributed by atoms with Crippen LogP contribution in [0.1, 0.15) is 26.7 Å². The SMILES string of the molecule is C=CN/C=C\C(=O)C(=C)C(CC)CC. The molecule has 1 N–H and O–H groups in total. The van der Waals surface area contributed by atoms with Crippen molar-refractivity contribution in [1.82, 2.24) is 5.32 Å². The summed E-state index contributed by atoms with van der Waals surface area (Å²) in [5.74, 6) is 0.295. The van der Waals surface area contributed by atoms with Gasteiger partial charge in [0.05, 0.1) is 0 Å². The van der Waals surface area contributed by atoms with Gasteiger partial charge in [0, 0.05) is 12.3 Å². The summed E-state index contributed by atoms with van der Waals surface area (Å²) >= 11 is 0. The first-order valence-corrected chi connectivity index (χ1v) is 4.93. The maximum Gasteiger partial charge on any atom is 0.182 e. The number of rotatable bonds is 7. The summed E-state index contributed by atoms with van der Waals surface area (Å²) in [5, 5.41) is 2.73. The number of carbonyl (C=O) groups excluding carboxylic acids is 1. The van der Waals surface area contributed by atoms with Gasteiger partial charge in [0.2, 0.25) is 0 Å². The molecule has 0 aromatic rings. The Morgan fingerprint density at radius 2 is 2.00 bits per heavy atom. The summed E-state index contributed by atoms with van der Waals surface area (Å²) in [4.78, 5) is 11.5. The lowest BCUT2D eigenvalue weighted by molar-refractivity contribution is -0.111. The molecule has 0 bridgehead atoms. The number of nitrogens with one attached hydrogen (secondary N) is 1. The van der Waals surface area contributed by atoms with Crippen molar-refractivity contribution in [3.8, 4) is 0 Å². The van der Waals surface area contributed by atoms with Gasteiger partial charge in [-0.1, -0.05) is 27.0 Å². The topological polar surface area (TPSA) is 29.1 Å². The largest absolute Gasteiger partial charge is 0.368 e. The van der Waals surface area contributed by atoms with E-state index in [4.69, 9.17) is 0 Å². The third-order valence-electron chi connectivity index (χ3n) is 2.24. The minimum atomic E-state index is -0.00644. The number of hydrogen-bond donors (Lipinski definition) is 1. The van der Waals surface area contributed by atoms with Gasteiger partial charge >= 0.3 is 0 Å². The van der Waals surface area contributed by atoms with Crippen molar-refractivity contribution in [2.75, 3.05) is 0 Å². The highest BCUT2D eigenvalue weighted by atomic mass is 16.1. The third-order valence-corrected chi connectivity index (χ3v) is 2.24. The molecule has 0 aromatic carbocycles. The Labute approximate surface area is 86.4 Å². The first kappa shape index (κ1) is 12.7. The fourth-order valence-corrected chi connectivity index (χ4v) is 1.28. The second-order valence-corrected chi connectivity index (χ2v) is 3.11. The molecule has 2 nitrogen and oxygen atoms in total. The van der Waals surface area contributed by atoms with Crippen molar-refractivity contribution < 1.29 is 4.79 Å². The lowest BCUT2D eigenvalue weighted by atomic mass is 9.92. The van der Waals surface area contributed by atoms with Gasteiger partial charge in [-0.2, -0.15) is 0 Å². The summed E-state index contributed by atoms with van der Waals surface area (Å²) in [7, 11) is 0. The van der Waals surface area contributed by atoms with Crippen molar-refractivity contribution in [2.45, 2.75) is 26.7 Å². The van der Waals surface area contributed by atoms with Gasteiger partial charge in [-0.25, -0.2) is 0 Å². The normalized spacial score (nSPS) is 10.5. The molecule has 14 heavy (non-hydrogen) atoms. The van der Waals surface area contributed by atoms with E-state index in [1.807, 2.05) is 0 Å². The third kappa shape index (κ3) is 4.08. The van der Waals surface area contributed by atoms with Crippen LogP contribution in [0.25, 0.3) is 0 Å². The maximum absolute atomic E-state index is 11.5. The molecule has 0 aliphatic heterocycles. The van der Waals surface area contributed by atoms with Crippen LogP contribution in [0.3, 0.4) is 0 Å². The van der Waals surface area contributed by atoms with Crippen LogP contribution in [0.5, 0.6) is 0 Å². The molecule has 78 valence electrons. The molecule has 0 rings (SSSR count). The minimum Gasteiger partial charge on any atom is -0.368 e. The number of carbonyl (C=O) groups is 1. The van der Waals surface area contributed by atoms with Crippen LogP contribution in [0.2, 0.25) is 0 Å².